The van der Waals surface area contributed by atoms with Crippen LogP contribution in [0, 0.1) is 0 Å². The van der Waals surface area contributed by atoms with Crippen molar-refractivity contribution in [1.82, 2.24) is 5.01 Å². The molecule has 0 aliphatic carbocycles. The number of hydrogen-bond acceptors (Lipinski definition) is 2. The molecule has 1 aromatic carbocycles. The molecule has 2 heteroatoms. The van der Waals surface area contributed by atoms with E-state index in [2.05, 4.69) is 12.1 Å². The molecule has 1 rings (SSSR count). The largest absolute Gasteiger partial charge is 0.314 e. The lowest BCUT2D eigenvalue weighted by Gasteiger charge is -2.12. The summed E-state index contributed by atoms with van der Waals surface area (Å²) < 4.78 is 0. The lowest BCUT2D eigenvalue weighted by atomic mass is 10.2. The van der Waals surface area contributed by atoms with Crippen molar-refractivity contribution in [1.29, 1.82) is 0 Å². The third-order valence-electron chi connectivity index (χ3n) is 1.55. The van der Waals surface area contributed by atoms with Crippen LogP contribution in [-0.2, 0) is 6.54 Å². The van der Waals surface area contributed by atoms with Gasteiger partial charge < -0.3 is 5.01 Å². The van der Waals surface area contributed by atoms with Crippen molar-refractivity contribution in [2.24, 2.45) is 5.84 Å². The molecule has 0 aliphatic heterocycles. The Labute approximate surface area is 114 Å². The molecule has 2 nitrogen and oxygen atoms in total. The molecule has 0 fully saturated rings. The van der Waals surface area contributed by atoms with Crippen LogP contribution in [0.3, 0.4) is 0 Å². The molecule has 0 heterocycles. The Morgan fingerprint density at radius 1 is 0.944 bits per heavy atom. The van der Waals surface area contributed by atoms with E-state index in [-0.39, 0.29) is 0 Å². The monoisotopic (exact) mass is 252 g/mol. The van der Waals surface area contributed by atoms with Gasteiger partial charge in [0.1, 0.15) is 0 Å². The number of nitrogens with zero attached hydrogens (tertiary/aromatic N) is 1. The lowest BCUT2D eigenvalue weighted by molar-refractivity contribution is 0.386. The van der Waals surface area contributed by atoms with Gasteiger partial charge in [0, 0.05) is 6.20 Å². The predicted molar refractivity (Wildman–Crippen MR) is 85.0 cm³/mol. The van der Waals surface area contributed by atoms with Gasteiger partial charge in [0.2, 0.25) is 0 Å². The van der Waals surface area contributed by atoms with E-state index in [1.165, 1.54) is 5.56 Å². The van der Waals surface area contributed by atoms with Gasteiger partial charge in [0.15, 0.2) is 0 Å². The van der Waals surface area contributed by atoms with Crippen LogP contribution >= 0.6 is 0 Å². The molecule has 0 aromatic heterocycles. The van der Waals surface area contributed by atoms with Gasteiger partial charge in [-0.25, -0.2) is 5.84 Å². The molecular weight excluding hydrogens is 220 g/mol. The smallest absolute Gasteiger partial charge is 0.0585 e. The van der Waals surface area contributed by atoms with Crippen LogP contribution in [0.1, 0.15) is 54.0 Å². The molecule has 0 spiro atoms. The zero-order valence-corrected chi connectivity index (χ0v) is 13.3. The molecule has 1 aromatic rings. The van der Waals surface area contributed by atoms with E-state index >= 15 is 0 Å². The average molecular weight is 252 g/mol. The van der Waals surface area contributed by atoms with Gasteiger partial charge in [0.25, 0.3) is 0 Å². The van der Waals surface area contributed by atoms with Crippen LogP contribution in [0.25, 0.3) is 0 Å². The van der Waals surface area contributed by atoms with Crippen molar-refractivity contribution in [3.63, 3.8) is 0 Å². The Hall–Kier alpha value is -1.28. The van der Waals surface area contributed by atoms with Crippen molar-refractivity contribution >= 4 is 0 Å². The molecule has 0 bridgehead atoms. The minimum Gasteiger partial charge on any atom is -0.314 e. The molecule has 0 unspecified atom stereocenters. The molecule has 0 amide bonds. The summed E-state index contributed by atoms with van der Waals surface area (Å²) >= 11 is 0. The minimum absolute atomic E-state index is 0.755. The van der Waals surface area contributed by atoms with Gasteiger partial charge in [-0.2, -0.15) is 0 Å². The van der Waals surface area contributed by atoms with Gasteiger partial charge in [-0.1, -0.05) is 78.0 Å². The summed E-state index contributed by atoms with van der Waals surface area (Å²) in [7, 11) is 0. The molecule has 106 valence electrons. The highest BCUT2D eigenvalue weighted by atomic mass is 15.4. The molecule has 0 radical (unpaired) electrons. The normalized spacial score (nSPS) is 8.00. The Bertz CT molecular complexity index is 243. The lowest BCUT2D eigenvalue weighted by Crippen LogP contribution is -2.23. The van der Waals surface area contributed by atoms with Crippen molar-refractivity contribution < 1.29 is 0 Å². The number of allylic oxidation sites excluding steroid dienone is 1. The highest BCUT2D eigenvalue weighted by molar-refractivity contribution is 5.14. The van der Waals surface area contributed by atoms with E-state index in [9.17, 15) is 0 Å². The molecular formula is C16H32N2. The van der Waals surface area contributed by atoms with Gasteiger partial charge in [0.05, 0.1) is 6.54 Å². The number of nitrogens with two attached hydrogens (primary N) is 1. The average Bonchev–Trinajstić information content (AvgIpc) is 2.47. The number of rotatable bonds is 3. The SMILES string of the molecule is C/C=C\N(N)Cc1ccccc1.CC.CC.CC. The number of hydrogen-bond donors (Lipinski definition) is 1. The molecule has 0 aliphatic rings. The summed E-state index contributed by atoms with van der Waals surface area (Å²) in [5, 5.41) is 1.66. The third kappa shape index (κ3) is 14.7. The van der Waals surface area contributed by atoms with Crippen LogP contribution in [0.5, 0.6) is 0 Å². The first-order valence-corrected chi connectivity index (χ1v) is 7.01. The molecule has 2 N–H and O–H groups in total. The second-order valence-electron chi connectivity index (χ2n) is 2.64. The quantitative estimate of drug-likeness (QED) is 0.607. The Kier molecular flexibility index (Phi) is 25.7. The van der Waals surface area contributed by atoms with E-state index in [1.54, 1.807) is 5.01 Å². The maximum absolute atomic E-state index is 5.66. The van der Waals surface area contributed by atoms with Crippen molar-refractivity contribution in [3.8, 4) is 0 Å². The van der Waals surface area contributed by atoms with Crippen molar-refractivity contribution in [2.75, 3.05) is 0 Å². The van der Waals surface area contributed by atoms with Gasteiger partial charge >= 0.3 is 0 Å². The van der Waals surface area contributed by atoms with Crippen LogP contribution in [-0.4, -0.2) is 5.01 Å². The summed E-state index contributed by atoms with van der Waals surface area (Å²) in [6.07, 6.45) is 3.77. The maximum Gasteiger partial charge on any atom is 0.0585 e. The van der Waals surface area contributed by atoms with E-state index < -0.39 is 0 Å². The third-order valence-corrected chi connectivity index (χ3v) is 1.55. The van der Waals surface area contributed by atoms with Gasteiger partial charge in [-0.3, -0.25) is 0 Å². The van der Waals surface area contributed by atoms with E-state index in [0.717, 1.165) is 6.54 Å². The molecule has 0 atom stereocenters. The van der Waals surface area contributed by atoms with E-state index in [1.807, 2.05) is 78.9 Å². The second-order valence-corrected chi connectivity index (χ2v) is 2.64. The summed E-state index contributed by atoms with van der Waals surface area (Å²) in [5.74, 6) is 5.66. The maximum atomic E-state index is 5.66. The van der Waals surface area contributed by atoms with Gasteiger partial charge in [-0.05, 0) is 12.5 Å². The summed E-state index contributed by atoms with van der Waals surface area (Å²) in [5.41, 5.74) is 1.22. The van der Waals surface area contributed by atoms with Crippen LogP contribution in [0.15, 0.2) is 42.6 Å². The predicted octanol–water partition coefficient (Wildman–Crippen LogP) is 4.97. The molecule has 0 saturated carbocycles. The first kappa shape index (κ1) is 21.9. The van der Waals surface area contributed by atoms with E-state index in [0.29, 0.717) is 0 Å². The zero-order chi connectivity index (χ0) is 14.8. The fourth-order valence-electron chi connectivity index (χ4n) is 1.04. The van der Waals surface area contributed by atoms with Crippen LogP contribution in [0.4, 0.5) is 0 Å². The Morgan fingerprint density at radius 3 is 1.78 bits per heavy atom. The zero-order valence-electron chi connectivity index (χ0n) is 13.3. The van der Waals surface area contributed by atoms with E-state index in [4.69, 9.17) is 5.84 Å². The van der Waals surface area contributed by atoms with Crippen LogP contribution in [0.2, 0.25) is 0 Å². The van der Waals surface area contributed by atoms with Crippen molar-refractivity contribution in [3.05, 3.63) is 48.2 Å². The molecule has 18 heavy (non-hydrogen) atoms. The second kappa shape index (κ2) is 21.1. The molecule has 0 saturated heterocycles. The topological polar surface area (TPSA) is 29.3 Å². The highest BCUT2D eigenvalue weighted by Gasteiger charge is 1.92. The first-order valence-electron chi connectivity index (χ1n) is 7.01. The van der Waals surface area contributed by atoms with Gasteiger partial charge in [-0.15, -0.1) is 0 Å². The minimum atomic E-state index is 0.755. The van der Waals surface area contributed by atoms with Crippen molar-refractivity contribution in [2.45, 2.75) is 55.0 Å². The van der Waals surface area contributed by atoms with Crippen LogP contribution < -0.4 is 5.84 Å². The fourth-order valence-corrected chi connectivity index (χ4v) is 1.04. The Morgan fingerprint density at radius 2 is 1.39 bits per heavy atom. The summed E-state index contributed by atoms with van der Waals surface area (Å²) in [4.78, 5) is 0. The highest BCUT2D eigenvalue weighted by Crippen LogP contribution is 2.00. The number of hydrazine groups is 1. The fraction of sp³-hybridized carbons (Fsp3) is 0.500. The first-order chi connectivity index (χ1) is 8.83. The Balaban J connectivity index is -0.000000328. The summed E-state index contributed by atoms with van der Waals surface area (Å²) in [6.45, 7) is 14.7. The standard InChI is InChI=1S/C10H14N2.3C2H6/c1-2-8-12(11)9-10-6-4-3-5-7-10;3*1-2/h2-8H,9,11H2,1H3;3*1-2H3/b8-2-;;;. The summed E-state index contributed by atoms with van der Waals surface area (Å²) in [6, 6.07) is 10.1. The number of benzene rings is 1.